The maximum absolute atomic E-state index is 12.8. The summed E-state index contributed by atoms with van der Waals surface area (Å²) in [5.74, 6) is -1.06. The molecule has 0 bridgehead atoms. The Morgan fingerprint density at radius 2 is 1.52 bits per heavy atom. The molecule has 0 spiro atoms. The molecule has 0 aliphatic carbocycles. The zero-order valence-electron chi connectivity index (χ0n) is 14.5. The number of amides is 3. The van der Waals surface area contributed by atoms with E-state index in [0.29, 0.717) is 27.8 Å². The second kappa shape index (κ2) is 6.49. The quantitative estimate of drug-likeness (QED) is 0.576. The number of hydrazone groups is 1. The molecule has 132 valence electrons. The topological polar surface area (TPSA) is 78.8 Å². The molecular weight excluding hydrogens is 342 g/mol. The summed E-state index contributed by atoms with van der Waals surface area (Å²) in [6.45, 7) is 1.43. The fourth-order valence-corrected chi connectivity index (χ4v) is 3.10. The van der Waals surface area contributed by atoms with Crippen LogP contribution in [0.15, 0.2) is 65.8 Å². The summed E-state index contributed by atoms with van der Waals surface area (Å²) in [5.41, 5.74) is 2.27. The first-order valence-corrected chi connectivity index (χ1v) is 8.37. The lowest BCUT2D eigenvalue weighted by atomic mass is 9.95. The molecule has 0 saturated heterocycles. The predicted molar refractivity (Wildman–Crippen MR) is 103 cm³/mol. The van der Waals surface area contributed by atoms with E-state index in [1.165, 1.54) is 13.1 Å². The van der Waals surface area contributed by atoms with Gasteiger partial charge < -0.3 is 5.32 Å². The Morgan fingerprint density at radius 3 is 2.07 bits per heavy atom. The van der Waals surface area contributed by atoms with Crippen LogP contribution in [0.2, 0.25) is 0 Å². The van der Waals surface area contributed by atoms with Crippen LogP contribution in [0.4, 0.5) is 5.69 Å². The van der Waals surface area contributed by atoms with Crippen LogP contribution in [0.5, 0.6) is 0 Å². The molecule has 0 fully saturated rings. The SMILES string of the molecule is CC(=O)Nc1ccc(/C=N\N2C(=O)c3cccc4cccc(c34)C2=O)cc1. The number of carbonyl (C=O) groups is 3. The molecule has 0 aromatic heterocycles. The highest BCUT2D eigenvalue weighted by molar-refractivity contribution is 6.25. The highest BCUT2D eigenvalue weighted by Gasteiger charge is 2.32. The standard InChI is InChI=1S/C21H15N3O3/c1-13(25)23-16-10-8-14(9-11-16)12-22-24-20(26)17-6-2-4-15-5-3-7-18(19(15)17)21(24)27/h2-12H,1H3,(H,23,25)/b22-12-. The third-order valence-electron chi connectivity index (χ3n) is 4.30. The lowest BCUT2D eigenvalue weighted by Crippen LogP contribution is -2.36. The Bertz CT molecular complexity index is 1070. The number of hydrogen-bond acceptors (Lipinski definition) is 4. The maximum atomic E-state index is 12.8. The summed E-state index contributed by atoms with van der Waals surface area (Å²) in [6, 6.07) is 17.6. The number of nitrogens with zero attached hydrogens (tertiary/aromatic N) is 2. The fourth-order valence-electron chi connectivity index (χ4n) is 3.10. The van der Waals surface area contributed by atoms with Crippen molar-refractivity contribution < 1.29 is 14.4 Å². The molecule has 0 saturated carbocycles. The van der Waals surface area contributed by atoms with E-state index in [-0.39, 0.29) is 5.91 Å². The van der Waals surface area contributed by atoms with E-state index < -0.39 is 11.8 Å². The average molecular weight is 357 g/mol. The van der Waals surface area contributed by atoms with Gasteiger partial charge in [-0.25, -0.2) is 0 Å². The molecule has 1 aliphatic rings. The van der Waals surface area contributed by atoms with Crippen molar-refractivity contribution in [2.45, 2.75) is 6.92 Å². The molecule has 1 heterocycles. The van der Waals surface area contributed by atoms with Crippen LogP contribution in [0.3, 0.4) is 0 Å². The second-order valence-corrected chi connectivity index (χ2v) is 6.18. The lowest BCUT2D eigenvalue weighted by Gasteiger charge is -2.22. The van der Waals surface area contributed by atoms with E-state index in [9.17, 15) is 14.4 Å². The second-order valence-electron chi connectivity index (χ2n) is 6.18. The molecule has 0 radical (unpaired) electrons. The predicted octanol–water partition coefficient (Wildman–Crippen LogP) is 3.43. The minimum Gasteiger partial charge on any atom is -0.326 e. The van der Waals surface area contributed by atoms with Crippen LogP contribution in [0.1, 0.15) is 33.2 Å². The minimum absolute atomic E-state index is 0.159. The molecule has 6 heteroatoms. The number of nitrogens with one attached hydrogen (secondary N) is 1. The van der Waals surface area contributed by atoms with Crippen molar-refractivity contribution in [3.63, 3.8) is 0 Å². The molecule has 6 nitrogen and oxygen atoms in total. The summed E-state index contributed by atoms with van der Waals surface area (Å²) in [4.78, 5) is 36.6. The van der Waals surface area contributed by atoms with Crippen molar-refractivity contribution in [2.24, 2.45) is 5.10 Å². The van der Waals surface area contributed by atoms with E-state index in [2.05, 4.69) is 10.4 Å². The molecular formula is C21H15N3O3. The lowest BCUT2D eigenvalue weighted by molar-refractivity contribution is -0.114. The van der Waals surface area contributed by atoms with Crippen molar-refractivity contribution in [1.82, 2.24) is 5.01 Å². The molecule has 1 N–H and O–H groups in total. The number of hydrogen-bond donors (Lipinski definition) is 1. The van der Waals surface area contributed by atoms with Crippen molar-refractivity contribution in [2.75, 3.05) is 5.32 Å². The first-order chi connectivity index (χ1) is 13.0. The van der Waals surface area contributed by atoms with E-state index in [1.54, 1.807) is 48.5 Å². The van der Waals surface area contributed by atoms with Gasteiger partial charge in [-0.3, -0.25) is 14.4 Å². The zero-order valence-corrected chi connectivity index (χ0v) is 14.5. The van der Waals surface area contributed by atoms with E-state index in [0.717, 1.165) is 10.4 Å². The van der Waals surface area contributed by atoms with Crippen LogP contribution in [-0.4, -0.2) is 28.9 Å². The van der Waals surface area contributed by atoms with Crippen molar-refractivity contribution >= 4 is 40.4 Å². The van der Waals surface area contributed by atoms with E-state index in [4.69, 9.17) is 0 Å². The van der Waals surface area contributed by atoms with Crippen molar-refractivity contribution in [1.29, 1.82) is 0 Å². The van der Waals surface area contributed by atoms with Gasteiger partial charge in [-0.05, 0) is 35.2 Å². The molecule has 27 heavy (non-hydrogen) atoms. The molecule has 4 rings (SSSR count). The van der Waals surface area contributed by atoms with Gasteiger partial charge in [0, 0.05) is 18.0 Å². The molecule has 0 atom stereocenters. The number of carbonyl (C=O) groups excluding carboxylic acids is 3. The van der Waals surface area contributed by atoms with Gasteiger partial charge in [0.15, 0.2) is 0 Å². The van der Waals surface area contributed by atoms with Crippen molar-refractivity contribution in [3.8, 4) is 0 Å². The Morgan fingerprint density at radius 1 is 0.926 bits per heavy atom. The molecule has 3 amide bonds. The van der Waals surface area contributed by atoms with Crippen LogP contribution in [-0.2, 0) is 4.79 Å². The van der Waals surface area contributed by atoms with Gasteiger partial charge in [-0.15, -0.1) is 0 Å². The largest absolute Gasteiger partial charge is 0.326 e. The molecule has 0 unspecified atom stereocenters. The summed E-state index contributed by atoms with van der Waals surface area (Å²) >= 11 is 0. The van der Waals surface area contributed by atoms with Gasteiger partial charge in [0.1, 0.15) is 0 Å². The first kappa shape index (κ1) is 16.7. The van der Waals surface area contributed by atoms with Gasteiger partial charge in [0.05, 0.1) is 17.3 Å². The number of benzene rings is 3. The summed E-state index contributed by atoms with van der Waals surface area (Å²) < 4.78 is 0. The van der Waals surface area contributed by atoms with Gasteiger partial charge in [0.25, 0.3) is 11.8 Å². The summed E-state index contributed by atoms with van der Waals surface area (Å²) in [6.07, 6.45) is 1.45. The van der Waals surface area contributed by atoms with Gasteiger partial charge in [0.2, 0.25) is 5.91 Å². The summed E-state index contributed by atoms with van der Waals surface area (Å²) in [7, 11) is 0. The fraction of sp³-hybridized carbons (Fsp3) is 0.0476. The number of anilines is 1. The average Bonchev–Trinajstić information content (AvgIpc) is 2.66. The third-order valence-corrected chi connectivity index (χ3v) is 4.30. The number of rotatable bonds is 3. The van der Waals surface area contributed by atoms with Crippen LogP contribution in [0.25, 0.3) is 10.8 Å². The Labute approximate surface area is 155 Å². The molecule has 1 aliphatic heterocycles. The normalized spacial score (nSPS) is 13.4. The first-order valence-electron chi connectivity index (χ1n) is 8.37. The van der Waals surface area contributed by atoms with Gasteiger partial charge in [-0.2, -0.15) is 10.1 Å². The van der Waals surface area contributed by atoms with Gasteiger partial charge in [-0.1, -0.05) is 36.4 Å². The van der Waals surface area contributed by atoms with E-state index >= 15 is 0 Å². The highest BCUT2D eigenvalue weighted by Crippen LogP contribution is 2.30. The van der Waals surface area contributed by atoms with Crippen LogP contribution >= 0.6 is 0 Å². The Hall–Kier alpha value is -3.80. The number of imide groups is 1. The highest BCUT2D eigenvalue weighted by atomic mass is 16.2. The molecule has 3 aromatic carbocycles. The molecule has 3 aromatic rings. The maximum Gasteiger partial charge on any atom is 0.282 e. The third kappa shape index (κ3) is 2.97. The Balaban J connectivity index is 1.65. The minimum atomic E-state index is -0.449. The van der Waals surface area contributed by atoms with Gasteiger partial charge >= 0.3 is 0 Å². The van der Waals surface area contributed by atoms with Crippen LogP contribution in [0, 0.1) is 0 Å². The Kier molecular flexibility index (Phi) is 4.01. The monoisotopic (exact) mass is 357 g/mol. The van der Waals surface area contributed by atoms with Crippen LogP contribution < -0.4 is 5.32 Å². The smallest absolute Gasteiger partial charge is 0.282 e. The van der Waals surface area contributed by atoms with E-state index in [1.807, 2.05) is 12.1 Å². The summed E-state index contributed by atoms with van der Waals surface area (Å²) in [5, 5.41) is 9.19. The zero-order chi connectivity index (χ0) is 19.0. The van der Waals surface area contributed by atoms with Crippen molar-refractivity contribution in [3.05, 3.63) is 77.4 Å².